The zero-order valence-corrected chi connectivity index (χ0v) is 26.3. The largest absolute Gasteiger partial charge is 0.333 e. The molecule has 0 spiro atoms. The van der Waals surface area contributed by atoms with Gasteiger partial charge in [0.05, 0.1) is 16.8 Å². The van der Waals surface area contributed by atoms with Crippen LogP contribution >= 0.6 is 23.2 Å². The Bertz CT molecular complexity index is 1760. The van der Waals surface area contributed by atoms with Gasteiger partial charge in [-0.15, -0.1) is 0 Å². The summed E-state index contributed by atoms with van der Waals surface area (Å²) in [4.78, 5) is 33.2. The van der Waals surface area contributed by atoms with Crippen molar-refractivity contribution in [3.63, 3.8) is 0 Å². The van der Waals surface area contributed by atoms with Crippen LogP contribution in [0.3, 0.4) is 0 Å². The summed E-state index contributed by atoms with van der Waals surface area (Å²) in [6, 6.07) is 13.8. The Morgan fingerprint density at radius 1 is 1.05 bits per heavy atom. The van der Waals surface area contributed by atoms with Gasteiger partial charge in [-0.1, -0.05) is 63.2 Å². The number of halogens is 3. The summed E-state index contributed by atoms with van der Waals surface area (Å²) < 4.78 is 15.4. The van der Waals surface area contributed by atoms with Crippen LogP contribution in [0.4, 0.5) is 10.1 Å². The summed E-state index contributed by atoms with van der Waals surface area (Å²) in [6.07, 6.45) is 5.58. The maximum absolute atomic E-state index is 13.8. The zero-order valence-electron chi connectivity index (χ0n) is 24.8. The molecule has 0 amide bonds. The van der Waals surface area contributed by atoms with Gasteiger partial charge in [-0.05, 0) is 80.0 Å². The van der Waals surface area contributed by atoms with E-state index in [1.165, 1.54) is 25.3 Å². The van der Waals surface area contributed by atoms with E-state index >= 15 is 0 Å². The number of pyridine rings is 1. The number of benzene rings is 2. The molecule has 0 saturated heterocycles. The van der Waals surface area contributed by atoms with E-state index in [-0.39, 0.29) is 21.8 Å². The summed E-state index contributed by atoms with van der Waals surface area (Å²) in [6.45, 7) is 14.6. The van der Waals surface area contributed by atoms with Crippen LogP contribution in [-0.4, -0.2) is 38.3 Å². The van der Waals surface area contributed by atoms with E-state index in [1.807, 2.05) is 52.0 Å². The van der Waals surface area contributed by atoms with E-state index in [2.05, 4.69) is 44.0 Å². The number of aryl methyl sites for hydroxylation is 2. The van der Waals surface area contributed by atoms with Gasteiger partial charge in [0.25, 0.3) is 5.56 Å². The van der Waals surface area contributed by atoms with Crippen molar-refractivity contribution in [2.24, 2.45) is 10.7 Å². The minimum absolute atomic E-state index is 0.0716. The molecule has 8 nitrogen and oxygen atoms in total. The summed E-state index contributed by atoms with van der Waals surface area (Å²) in [7, 11) is 1.50. The fourth-order valence-electron chi connectivity index (χ4n) is 4.05. The maximum Gasteiger partial charge on any atom is 0.263 e. The Morgan fingerprint density at radius 2 is 1.70 bits per heavy atom. The molecule has 2 aromatic carbocycles. The molecule has 43 heavy (non-hydrogen) atoms. The molecule has 3 heterocycles. The van der Waals surface area contributed by atoms with Crippen molar-refractivity contribution in [1.29, 1.82) is 0 Å². The number of aromatic nitrogens is 5. The number of nitrogens with zero attached hydrogens (tertiary/aromatic N) is 6. The molecule has 0 fully saturated rings. The van der Waals surface area contributed by atoms with Gasteiger partial charge in [0.2, 0.25) is 5.28 Å². The predicted molar refractivity (Wildman–Crippen MR) is 177 cm³/mol. The molecule has 0 bridgehead atoms. The molecule has 0 unspecified atom stereocenters. The molecule has 0 aliphatic heterocycles. The molecule has 0 aliphatic rings. The summed E-state index contributed by atoms with van der Waals surface area (Å²) >= 11 is 11.2. The Kier molecular flexibility index (Phi) is 13.8. The fraction of sp³-hybridized carbons (Fsp3) is 0.188. The lowest BCUT2D eigenvalue weighted by atomic mass is 10.00. The van der Waals surface area contributed by atoms with E-state index in [4.69, 9.17) is 23.2 Å². The van der Waals surface area contributed by atoms with Crippen LogP contribution in [0.5, 0.6) is 0 Å². The summed E-state index contributed by atoms with van der Waals surface area (Å²) in [5, 5.41) is 1.68. The third-order valence-corrected chi connectivity index (χ3v) is 6.27. The third-order valence-electron chi connectivity index (χ3n) is 5.84. The van der Waals surface area contributed by atoms with Crippen molar-refractivity contribution in [2.45, 2.75) is 34.1 Å². The van der Waals surface area contributed by atoms with Crippen LogP contribution in [-0.2, 0) is 6.42 Å². The van der Waals surface area contributed by atoms with Gasteiger partial charge in [0.15, 0.2) is 5.15 Å². The number of aliphatic imine (C=N–C) groups is 1. The van der Waals surface area contributed by atoms with Gasteiger partial charge >= 0.3 is 0 Å². The van der Waals surface area contributed by atoms with E-state index in [9.17, 15) is 9.18 Å². The minimum atomic E-state index is -0.373. The lowest BCUT2D eigenvalue weighted by Gasteiger charge is -2.15. The first-order chi connectivity index (χ1) is 20.8. The third kappa shape index (κ3) is 8.38. The number of nitrogens with two attached hydrogens (primary N) is 1. The standard InChI is InChI=1S/C22H18FN3O.C7H5Cl2N3.C2H6.CH5N/c1-3-18-10-15-6-4-9-20(16-12-24-14(2)25-13-16)21(15)22(27)26(18)19-8-5-7-17(23)11-19;1-3-4-5(10-2)6(8)12-7(9)11-4;2*1-2/h4-13H,3H2,1-2H3;3H,1-2H2;1-2H3;2H2,1H3. The molecule has 2 N–H and O–H groups in total. The number of rotatable bonds is 5. The average Bonchev–Trinajstić information content (AvgIpc) is 3.03. The molecule has 11 heteroatoms. The van der Waals surface area contributed by atoms with Gasteiger partial charge in [0, 0.05) is 23.7 Å². The maximum atomic E-state index is 13.8. The molecule has 0 saturated carbocycles. The molecule has 0 atom stereocenters. The first-order valence-corrected chi connectivity index (χ1v) is 14.2. The van der Waals surface area contributed by atoms with E-state index in [1.54, 1.807) is 29.1 Å². The second-order valence-electron chi connectivity index (χ2n) is 8.28. The normalized spacial score (nSPS) is 9.88. The van der Waals surface area contributed by atoms with Gasteiger partial charge in [-0.25, -0.2) is 24.3 Å². The number of hydrogen-bond acceptors (Lipinski definition) is 7. The fourth-order valence-corrected chi connectivity index (χ4v) is 4.51. The van der Waals surface area contributed by atoms with Crippen molar-refractivity contribution < 1.29 is 4.39 Å². The molecular weight excluding hydrogens is 588 g/mol. The Balaban J connectivity index is 0.000000339. The van der Waals surface area contributed by atoms with Gasteiger partial charge < -0.3 is 5.73 Å². The molecule has 5 rings (SSSR count). The second-order valence-corrected chi connectivity index (χ2v) is 8.97. The second kappa shape index (κ2) is 17.0. The summed E-state index contributed by atoms with van der Waals surface area (Å²) in [5.74, 6) is 0.297. The molecule has 224 valence electrons. The van der Waals surface area contributed by atoms with Gasteiger partial charge in [-0.3, -0.25) is 14.4 Å². The SMILES string of the molecule is C=Cc1nc(Cl)nc(Cl)c1N=C.CC.CCc1cc2cccc(-c3cnc(C)nc3)c2c(=O)n1-c1cccc(F)c1.CN. The monoisotopic (exact) mass is 621 g/mol. The highest BCUT2D eigenvalue weighted by Gasteiger charge is 2.15. The Labute approximate surface area is 260 Å². The molecular formula is C32H34Cl2FN7O. The first kappa shape index (κ1) is 34.9. The quantitative estimate of drug-likeness (QED) is 0.122. The van der Waals surface area contributed by atoms with Crippen molar-refractivity contribution in [3.05, 3.63) is 111 Å². The highest BCUT2D eigenvalue weighted by molar-refractivity contribution is 6.33. The minimum Gasteiger partial charge on any atom is -0.333 e. The van der Waals surface area contributed by atoms with Crippen LogP contribution in [0.1, 0.15) is 38.0 Å². The molecule has 3 aromatic heterocycles. The lowest BCUT2D eigenvalue weighted by Crippen LogP contribution is -2.22. The van der Waals surface area contributed by atoms with Crippen molar-refractivity contribution >= 4 is 52.5 Å². The highest BCUT2D eigenvalue weighted by atomic mass is 35.5. The van der Waals surface area contributed by atoms with Crippen molar-refractivity contribution in [2.75, 3.05) is 7.05 Å². The van der Waals surface area contributed by atoms with Crippen LogP contribution in [0, 0.1) is 12.7 Å². The molecule has 0 aliphatic carbocycles. The topological polar surface area (TPSA) is 112 Å². The smallest absolute Gasteiger partial charge is 0.263 e. The number of fused-ring (bicyclic) bond motifs is 1. The van der Waals surface area contributed by atoms with Gasteiger partial charge in [0.1, 0.15) is 17.3 Å². The number of hydrogen-bond donors (Lipinski definition) is 1. The Hall–Kier alpha value is -4.31. The zero-order chi connectivity index (χ0) is 32.1. The van der Waals surface area contributed by atoms with Crippen LogP contribution < -0.4 is 11.3 Å². The average molecular weight is 623 g/mol. The first-order valence-electron chi connectivity index (χ1n) is 13.4. The highest BCUT2D eigenvalue weighted by Crippen LogP contribution is 2.28. The lowest BCUT2D eigenvalue weighted by molar-refractivity contribution is 0.626. The molecule has 5 aromatic rings. The van der Waals surface area contributed by atoms with Crippen LogP contribution in [0.2, 0.25) is 10.4 Å². The van der Waals surface area contributed by atoms with Gasteiger partial charge in [-0.2, -0.15) is 0 Å². The van der Waals surface area contributed by atoms with E-state index in [0.717, 1.165) is 22.2 Å². The van der Waals surface area contributed by atoms with E-state index in [0.29, 0.717) is 34.7 Å². The van der Waals surface area contributed by atoms with E-state index < -0.39 is 0 Å². The predicted octanol–water partition coefficient (Wildman–Crippen LogP) is 7.82. The van der Waals surface area contributed by atoms with Crippen molar-refractivity contribution in [1.82, 2.24) is 24.5 Å². The van der Waals surface area contributed by atoms with Crippen molar-refractivity contribution in [3.8, 4) is 16.8 Å². The van der Waals surface area contributed by atoms with Crippen LogP contribution in [0.25, 0.3) is 33.7 Å². The Morgan fingerprint density at radius 3 is 2.28 bits per heavy atom. The summed E-state index contributed by atoms with van der Waals surface area (Å²) in [5.41, 5.74) is 8.10. The molecule has 0 radical (unpaired) electrons. The van der Waals surface area contributed by atoms with Crippen LogP contribution in [0.15, 0.2) is 77.3 Å².